The van der Waals surface area contributed by atoms with E-state index in [1.165, 1.54) is 18.4 Å². The second-order valence-electron chi connectivity index (χ2n) is 2.67. The quantitative estimate of drug-likeness (QED) is 0.582. The zero-order valence-corrected chi connectivity index (χ0v) is 5.54. The molecule has 1 heterocycles. The second-order valence-corrected chi connectivity index (χ2v) is 2.67. The summed E-state index contributed by atoms with van der Waals surface area (Å²) in [4.78, 5) is 10.2. The molecule has 2 heteroatoms. The van der Waals surface area contributed by atoms with E-state index in [1.54, 1.807) is 6.26 Å². The van der Waals surface area contributed by atoms with Crippen LogP contribution in [-0.4, -0.2) is 6.29 Å². The summed E-state index contributed by atoms with van der Waals surface area (Å²) < 4.78 is 4.95. The largest absolute Gasteiger partial charge is 0.461 e. The van der Waals surface area contributed by atoms with Crippen molar-refractivity contribution < 1.29 is 9.21 Å². The van der Waals surface area contributed by atoms with Gasteiger partial charge in [-0.1, -0.05) is 0 Å². The topological polar surface area (TPSA) is 30.2 Å². The summed E-state index contributed by atoms with van der Waals surface area (Å²) in [6.45, 7) is 0. The second kappa shape index (κ2) is 1.97. The maximum Gasteiger partial charge on any atom is 0.185 e. The van der Waals surface area contributed by atoms with Gasteiger partial charge in [0.2, 0.25) is 0 Å². The maximum atomic E-state index is 10.2. The number of rotatable bonds is 2. The molecule has 0 N–H and O–H groups in total. The van der Waals surface area contributed by atoms with Gasteiger partial charge < -0.3 is 4.42 Å². The summed E-state index contributed by atoms with van der Waals surface area (Å²) in [5, 5.41) is 0. The third-order valence-electron chi connectivity index (χ3n) is 1.80. The van der Waals surface area contributed by atoms with Gasteiger partial charge in [-0.15, -0.1) is 0 Å². The minimum atomic E-state index is 0.446. The molecule has 1 saturated carbocycles. The van der Waals surface area contributed by atoms with Gasteiger partial charge in [0.1, 0.15) is 0 Å². The molecule has 0 bridgehead atoms. The monoisotopic (exact) mass is 136 g/mol. The fraction of sp³-hybridized carbons (Fsp3) is 0.375. The average Bonchev–Trinajstić information content (AvgIpc) is 2.70. The SMILES string of the molecule is O=Cc1cc(C2CC2)co1. The first-order valence-corrected chi connectivity index (χ1v) is 3.44. The Morgan fingerprint density at radius 3 is 2.90 bits per heavy atom. The fourth-order valence-corrected chi connectivity index (χ4v) is 1.06. The molecule has 0 spiro atoms. The number of hydrogen-bond donors (Lipinski definition) is 0. The highest BCUT2D eigenvalue weighted by Crippen LogP contribution is 2.40. The smallest absolute Gasteiger partial charge is 0.185 e. The summed E-state index contributed by atoms with van der Waals surface area (Å²) in [7, 11) is 0. The first-order valence-electron chi connectivity index (χ1n) is 3.44. The van der Waals surface area contributed by atoms with Gasteiger partial charge in [-0.3, -0.25) is 4.79 Å². The van der Waals surface area contributed by atoms with Crippen LogP contribution in [0.25, 0.3) is 0 Å². The Morgan fingerprint density at radius 2 is 2.40 bits per heavy atom. The Kier molecular flexibility index (Phi) is 1.13. The number of carbonyl (C=O) groups excluding carboxylic acids is 1. The van der Waals surface area contributed by atoms with Gasteiger partial charge in [0, 0.05) is 0 Å². The molecule has 0 amide bonds. The zero-order chi connectivity index (χ0) is 6.97. The summed E-state index contributed by atoms with van der Waals surface area (Å²) in [6, 6.07) is 1.82. The highest BCUT2D eigenvalue weighted by Gasteiger charge is 2.24. The van der Waals surface area contributed by atoms with Crippen LogP contribution >= 0.6 is 0 Å². The van der Waals surface area contributed by atoms with Gasteiger partial charge in [0.25, 0.3) is 0 Å². The van der Waals surface area contributed by atoms with Crippen LogP contribution in [0, 0.1) is 0 Å². The van der Waals surface area contributed by atoms with E-state index in [2.05, 4.69) is 0 Å². The van der Waals surface area contributed by atoms with Crippen molar-refractivity contribution in [2.45, 2.75) is 18.8 Å². The standard InChI is InChI=1S/C8H8O2/c9-4-8-3-7(5-10-8)6-1-2-6/h3-6H,1-2H2. The molecule has 1 fully saturated rings. The molecular weight excluding hydrogens is 128 g/mol. The third kappa shape index (κ3) is 0.856. The van der Waals surface area contributed by atoms with E-state index in [0.29, 0.717) is 11.7 Å². The molecule has 0 atom stereocenters. The Balaban J connectivity index is 2.26. The van der Waals surface area contributed by atoms with Crippen LogP contribution in [0.5, 0.6) is 0 Å². The Hall–Kier alpha value is -1.05. The first-order chi connectivity index (χ1) is 4.90. The lowest BCUT2D eigenvalue weighted by atomic mass is 10.2. The van der Waals surface area contributed by atoms with Crippen LogP contribution in [-0.2, 0) is 0 Å². The Bertz CT molecular complexity index is 246. The predicted molar refractivity (Wildman–Crippen MR) is 36.1 cm³/mol. The molecule has 0 unspecified atom stereocenters. The summed E-state index contributed by atoms with van der Waals surface area (Å²) in [5.74, 6) is 1.12. The van der Waals surface area contributed by atoms with E-state index in [4.69, 9.17) is 4.42 Å². The van der Waals surface area contributed by atoms with Gasteiger partial charge >= 0.3 is 0 Å². The molecule has 1 aromatic heterocycles. The molecule has 1 aliphatic carbocycles. The van der Waals surface area contributed by atoms with E-state index >= 15 is 0 Å². The minimum absolute atomic E-state index is 0.446. The van der Waals surface area contributed by atoms with Crippen LogP contribution in [0.2, 0.25) is 0 Å². The fourth-order valence-electron chi connectivity index (χ4n) is 1.06. The lowest BCUT2D eigenvalue weighted by molar-refractivity contribution is 0.110. The molecule has 1 aliphatic rings. The normalized spacial score (nSPS) is 17.2. The highest BCUT2D eigenvalue weighted by molar-refractivity contribution is 5.70. The molecule has 52 valence electrons. The molecule has 10 heavy (non-hydrogen) atoms. The number of carbonyl (C=O) groups is 1. The molecule has 2 nitrogen and oxygen atoms in total. The van der Waals surface area contributed by atoms with Crippen LogP contribution in [0.4, 0.5) is 0 Å². The van der Waals surface area contributed by atoms with E-state index in [-0.39, 0.29) is 0 Å². The molecule has 2 rings (SSSR count). The lowest BCUT2D eigenvalue weighted by Gasteiger charge is -1.81. The van der Waals surface area contributed by atoms with E-state index in [0.717, 1.165) is 6.29 Å². The van der Waals surface area contributed by atoms with E-state index in [1.807, 2.05) is 6.07 Å². The van der Waals surface area contributed by atoms with Gasteiger partial charge in [0.05, 0.1) is 6.26 Å². The van der Waals surface area contributed by atoms with Crippen LogP contribution in [0.15, 0.2) is 16.7 Å². The molecule has 0 aliphatic heterocycles. The molecule has 1 aromatic rings. The Morgan fingerprint density at radius 1 is 1.60 bits per heavy atom. The molecule has 0 saturated heterocycles. The number of furan rings is 1. The number of aldehydes is 1. The predicted octanol–water partition coefficient (Wildman–Crippen LogP) is 1.97. The van der Waals surface area contributed by atoms with E-state index in [9.17, 15) is 4.79 Å². The van der Waals surface area contributed by atoms with Crippen LogP contribution in [0.1, 0.15) is 34.9 Å². The van der Waals surface area contributed by atoms with Crippen molar-refractivity contribution in [3.63, 3.8) is 0 Å². The van der Waals surface area contributed by atoms with Gasteiger partial charge in [-0.05, 0) is 30.4 Å². The molecule has 0 aromatic carbocycles. The van der Waals surface area contributed by atoms with Crippen LogP contribution in [0.3, 0.4) is 0 Å². The third-order valence-corrected chi connectivity index (χ3v) is 1.80. The lowest BCUT2D eigenvalue weighted by Crippen LogP contribution is -1.71. The first kappa shape index (κ1) is 5.71. The van der Waals surface area contributed by atoms with Crippen molar-refractivity contribution in [1.82, 2.24) is 0 Å². The summed E-state index contributed by atoms with van der Waals surface area (Å²) in [5.41, 5.74) is 1.18. The zero-order valence-electron chi connectivity index (χ0n) is 5.54. The average molecular weight is 136 g/mol. The highest BCUT2D eigenvalue weighted by atomic mass is 16.3. The van der Waals surface area contributed by atoms with Gasteiger partial charge in [-0.25, -0.2) is 0 Å². The van der Waals surface area contributed by atoms with Gasteiger partial charge in [-0.2, -0.15) is 0 Å². The number of hydrogen-bond acceptors (Lipinski definition) is 2. The Labute approximate surface area is 58.8 Å². The van der Waals surface area contributed by atoms with Gasteiger partial charge in [0.15, 0.2) is 12.0 Å². The van der Waals surface area contributed by atoms with Crippen molar-refractivity contribution in [3.8, 4) is 0 Å². The van der Waals surface area contributed by atoms with Crippen molar-refractivity contribution in [3.05, 3.63) is 23.7 Å². The van der Waals surface area contributed by atoms with Crippen molar-refractivity contribution >= 4 is 6.29 Å². The van der Waals surface area contributed by atoms with Crippen molar-refractivity contribution in [2.24, 2.45) is 0 Å². The summed E-state index contributed by atoms with van der Waals surface area (Å²) >= 11 is 0. The van der Waals surface area contributed by atoms with E-state index < -0.39 is 0 Å². The summed E-state index contributed by atoms with van der Waals surface area (Å²) in [6.07, 6.45) is 4.92. The maximum absolute atomic E-state index is 10.2. The minimum Gasteiger partial charge on any atom is -0.461 e. The molecular formula is C8H8O2. The van der Waals surface area contributed by atoms with Crippen molar-refractivity contribution in [2.75, 3.05) is 0 Å². The van der Waals surface area contributed by atoms with Crippen molar-refractivity contribution in [1.29, 1.82) is 0 Å². The molecule has 0 radical (unpaired) electrons. The van der Waals surface area contributed by atoms with Crippen LogP contribution < -0.4 is 0 Å².